The number of aromatic nitrogens is 1. The van der Waals surface area contributed by atoms with E-state index >= 15 is 0 Å². The Labute approximate surface area is 105 Å². The van der Waals surface area contributed by atoms with E-state index in [0.717, 1.165) is 12.1 Å². The normalized spacial score (nSPS) is 11.3. The van der Waals surface area contributed by atoms with Crippen molar-refractivity contribution in [2.75, 3.05) is 10.7 Å². The van der Waals surface area contributed by atoms with Crippen molar-refractivity contribution in [1.29, 1.82) is 0 Å². The highest BCUT2D eigenvalue weighted by molar-refractivity contribution is 7.08. The fourth-order valence-corrected chi connectivity index (χ4v) is 1.90. The molecular weight excluding hydrogens is 265 g/mol. The molecule has 0 bridgehead atoms. The van der Waals surface area contributed by atoms with Crippen LogP contribution in [0.2, 0.25) is 0 Å². The van der Waals surface area contributed by atoms with Gasteiger partial charge >= 0.3 is 6.18 Å². The Kier molecular flexibility index (Phi) is 3.39. The number of pyridine rings is 1. The Bertz CT molecular complexity index is 524. The van der Waals surface area contributed by atoms with Crippen LogP contribution in [0.1, 0.15) is 5.56 Å². The van der Waals surface area contributed by atoms with E-state index in [-0.39, 0.29) is 11.6 Å². The summed E-state index contributed by atoms with van der Waals surface area (Å²) in [5.41, 5.74) is 1.97. The SMILES string of the molecule is NNc1cc(C(F)(F)F)cc(Nc2ccsc2)n1. The number of nitrogen functional groups attached to an aromatic ring is 1. The van der Waals surface area contributed by atoms with Gasteiger partial charge in [-0.05, 0) is 23.6 Å². The van der Waals surface area contributed by atoms with Crippen LogP contribution in [0.4, 0.5) is 30.5 Å². The molecule has 0 unspecified atom stereocenters. The summed E-state index contributed by atoms with van der Waals surface area (Å²) in [6, 6.07) is 3.51. The first-order valence-electron chi connectivity index (χ1n) is 4.84. The van der Waals surface area contributed by atoms with Crippen LogP contribution in [0, 0.1) is 0 Å². The van der Waals surface area contributed by atoms with Crippen molar-refractivity contribution in [2.45, 2.75) is 6.18 Å². The van der Waals surface area contributed by atoms with Crippen LogP contribution in [-0.2, 0) is 6.18 Å². The van der Waals surface area contributed by atoms with E-state index in [1.54, 1.807) is 16.8 Å². The molecule has 0 aliphatic heterocycles. The Hall–Kier alpha value is -1.80. The van der Waals surface area contributed by atoms with Gasteiger partial charge in [0.15, 0.2) is 0 Å². The number of rotatable bonds is 3. The van der Waals surface area contributed by atoms with Crippen molar-refractivity contribution in [1.82, 2.24) is 4.98 Å². The maximum Gasteiger partial charge on any atom is 0.416 e. The summed E-state index contributed by atoms with van der Waals surface area (Å²) in [6.45, 7) is 0. The molecule has 2 aromatic rings. The lowest BCUT2D eigenvalue weighted by Gasteiger charge is -2.11. The minimum atomic E-state index is -4.44. The zero-order valence-electron chi connectivity index (χ0n) is 8.95. The number of nitrogens with zero attached hydrogens (tertiary/aromatic N) is 1. The van der Waals surface area contributed by atoms with Gasteiger partial charge < -0.3 is 10.7 Å². The molecule has 2 aromatic heterocycles. The van der Waals surface area contributed by atoms with E-state index in [9.17, 15) is 13.2 Å². The average Bonchev–Trinajstić information content (AvgIpc) is 2.80. The molecule has 0 aromatic carbocycles. The van der Waals surface area contributed by atoms with Gasteiger partial charge in [0.25, 0.3) is 0 Å². The lowest BCUT2D eigenvalue weighted by Crippen LogP contribution is -2.13. The highest BCUT2D eigenvalue weighted by Crippen LogP contribution is 2.32. The van der Waals surface area contributed by atoms with Crippen molar-refractivity contribution in [3.63, 3.8) is 0 Å². The highest BCUT2D eigenvalue weighted by atomic mass is 32.1. The molecule has 0 aliphatic carbocycles. The molecule has 96 valence electrons. The van der Waals surface area contributed by atoms with E-state index in [1.807, 2.05) is 0 Å². The molecule has 4 N–H and O–H groups in total. The zero-order valence-corrected chi connectivity index (χ0v) is 9.77. The second-order valence-corrected chi connectivity index (χ2v) is 4.19. The number of hydrazine groups is 1. The van der Waals surface area contributed by atoms with Gasteiger partial charge in [-0.2, -0.15) is 24.5 Å². The summed E-state index contributed by atoms with van der Waals surface area (Å²) < 4.78 is 37.9. The number of anilines is 3. The number of nitrogens with one attached hydrogen (secondary N) is 2. The van der Waals surface area contributed by atoms with Crippen LogP contribution in [0.25, 0.3) is 0 Å². The molecule has 0 atom stereocenters. The van der Waals surface area contributed by atoms with Gasteiger partial charge in [-0.3, -0.25) is 0 Å². The van der Waals surface area contributed by atoms with Crippen LogP contribution >= 0.6 is 11.3 Å². The Morgan fingerprint density at radius 3 is 2.50 bits per heavy atom. The first kappa shape index (κ1) is 12.7. The summed E-state index contributed by atoms with van der Waals surface area (Å²) in [5, 5.41) is 6.34. The first-order valence-corrected chi connectivity index (χ1v) is 5.78. The fraction of sp³-hybridized carbons (Fsp3) is 0.100. The molecule has 0 fully saturated rings. The van der Waals surface area contributed by atoms with Crippen molar-refractivity contribution in [2.24, 2.45) is 5.84 Å². The van der Waals surface area contributed by atoms with Gasteiger partial charge in [-0.15, -0.1) is 0 Å². The summed E-state index contributed by atoms with van der Waals surface area (Å²) in [7, 11) is 0. The molecule has 18 heavy (non-hydrogen) atoms. The number of hydrogen-bond acceptors (Lipinski definition) is 5. The molecule has 4 nitrogen and oxygen atoms in total. The molecule has 0 aliphatic rings. The average molecular weight is 274 g/mol. The number of thiophene rings is 1. The van der Waals surface area contributed by atoms with Crippen molar-refractivity contribution >= 4 is 28.7 Å². The van der Waals surface area contributed by atoms with Crippen LogP contribution in [-0.4, -0.2) is 4.98 Å². The molecule has 0 saturated carbocycles. The van der Waals surface area contributed by atoms with E-state index in [2.05, 4.69) is 15.7 Å². The molecular formula is C10H9F3N4S. The number of alkyl halides is 3. The smallest absolute Gasteiger partial charge is 0.339 e. The van der Waals surface area contributed by atoms with Gasteiger partial charge in [0.05, 0.1) is 11.3 Å². The van der Waals surface area contributed by atoms with Crippen LogP contribution in [0.5, 0.6) is 0 Å². The maximum absolute atomic E-state index is 12.6. The fourth-order valence-electron chi connectivity index (χ4n) is 1.32. The Morgan fingerprint density at radius 1 is 1.22 bits per heavy atom. The van der Waals surface area contributed by atoms with Gasteiger partial charge in [-0.1, -0.05) is 0 Å². The van der Waals surface area contributed by atoms with Gasteiger partial charge in [0.1, 0.15) is 11.6 Å². The summed E-state index contributed by atoms with van der Waals surface area (Å²) in [6.07, 6.45) is -4.44. The van der Waals surface area contributed by atoms with E-state index in [0.29, 0.717) is 5.69 Å². The monoisotopic (exact) mass is 274 g/mol. The summed E-state index contributed by atoms with van der Waals surface area (Å²) in [4.78, 5) is 3.90. The summed E-state index contributed by atoms with van der Waals surface area (Å²) in [5.74, 6) is 5.13. The maximum atomic E-state index is 12.6. The number of nitrogens with two attached hydrogens (primary N) is 1. The molecule has 0 saturated heterocycles. The van der Waals surface area contributed by atoms with Gasteiger partial charge in [0.2, 0.25) is 0 Å². The first-order chi connectivity index (χ1) is 8.49. The lowest BCUT2D eigenvalue weighted by atomic mass is 10.2. The second kappa shape index (κ2) is 4.83. The molecule has 0 spiro atoms. The van der Waals surface area contributed by atoms with Crippen LogP contribution in [0.3, 0.4) is 0 Å². The minimum Gasteiger partial charge on any atom is -0.339 e. The topological polar surface area (TPSA) is 63.0 Å². The molecule has 0 amide bonds. The molecule has 8 heteroatoms. The molecule has 2 heterocycles. The molecule has 0 radical (unpaired) electrons. The zero-order chi connectivity index (χ0) is 13.2. The third kappa shape index (κ3) is 2.90. The standard InChI is InChI=1S/C10H9F3N4S/c11-10(12,13)6-3-8(16-9(4-6)17-14)15-7-1-2-18-5-7/h1-5H,14H2,(H2,15,16,17). The van der Waals surface area contributed by atoms with E-state index in [1.165, 1.54) is 11.3 Å². The van der Waals surface area contributed by atoms with E-state index in [4.69, 9.17) is 5.84 Å². The van der Waals surface area contributed by atoms with E-state index < -0.39 is 11.7 Å². The molecule has 2 rings (SSSR count). The third-order valence-corrected chi connectivity index (χ3v) is 2.78. The predicted molar refractivity (Wildman–Crippen MR) is 64.7 cm³/mol. The van der Waals surface area contributed by atoms with Crippen molar-refractivity contribution < 1.29 is 13.2 Å². The largest absolute Gasteiger partial charge is 0.416 e. The Balaban J connectivity index is 2.35. The van der Waals surface area contributed by atoms with Gasteiger partial charge in [-0.25, -0.2) is 10.8 Å². The lowest BCUT2D eigenvalue weighted by molar-refractivity contribution is -0.137. The second-order valence-electron chi connectivity index (χ2n) is 3.41. The van der Waals surface area contributed by atoms with Gasteiger partial charge in [0, 0.05) is 5.38 Å². The van der Waals surface area contributed by atoms with Crippen LogP contribution < -0.4 is 16.6 Å². The predicted octanol–water partition coefficient (Wildman–Crippen LogP) is 3.19. The quantitative estimate of drug-likeness (QED) is 0.594. The minimum absolute atomic E-state index is 0.0532. The summed E-state index contributed by atoms with van der Waals surface area (Å²) >= 11 is 1.43. The third-order valence-electron chi connectivity index (χ3n) is 2.09. The van der Waals surface area contributed by atoms with Crippen molar-refractivity contribution in [3.05, 3.63) is 34.5 Å². The Morgan fingerprint density at radius 2 is 1.94 bits per heavy atom. The number of halogens is 3. The number of hydrogen-bond donors (Lipinski definition) is 3. The van der Waals surface area contributed by atoms with Crippen LogP contribution in [0.15, 0.2) is 29.0 Å². The highest BCUT2D eigenvalue weighted by Gasteiger charge is 2.31. The van der Waals surface area contributed by atoms with Crippen molar-refractivity contribution in [3.8, 4) is 0 Å².